The van der Waals surface area contributed by atoms with Gasteiger partial charge in [0, 0.05) is 5.92 Å². The van der Waals surface area contributed by atoms with E-state index in [1.807, 2.05) is 47.3 Å². The Balaban J connectivity index is 2.24. The molecule has 1 aliphatic heterocycles. The maximum atomic E-state index is 18.2. The van der Waals surface area contributed by atoms with Gasteiger partial charge in [-0.1, -0.05) is 106 Å². The lowest BCUT2D eigenvalue weighted by molar-refractivity contribution is -0.118. The van der Waals surface area contributed by atoms with Crippen LogP contribution in [0.3, 0.4) is 0 Å². The summed E-state index contributed by atoms with van der Waals surface area (Å²) in [7, 11) is -6.89. The lowest BCUT2D eigenvalue weighted by Gasteiger charge is -2.35. The standard InChI is InChI=1S/C31H52ClFN5O5Si3/c1-18(2)28(39)37-30-35-26(32)24-27(36-30)38(17-34-24)29-31(33,14-15-45(11,12)13)25(43-44(19(3)4)20(5)6)23(42-29)16-41-46(40,21(7)8)22(9)10/h17-23,25,29,40H,16H2,1-13H3,(H,35,36,37,39)/t23-,25?,29-,31-/m1/s1. The zero-order chi connectivity index (χ0) is 34.9. The van der Waals surface area contributed by atoms with Gasteiger partial charge >= 0.3 is 8.56 Å². The molecule has 1 saturated heterocycles. The van der Waals surface area contributed by atoms with Crippen molar-refractivity contribution in [3.05, 3.63) is 11.5 Å². The summed E-state index contributed by atoms with van der Waals surface area (Å²) in [6.45, 7) is 25.6. The van der Waals surface area contributed by atoms with Gasteiger partial charge in [0.15, 0.2) is 17.0 Å². The first-order valence-electron chi connectivity index (χ1n) is 16.1. The number of anilines is 1. The Morgan fingerprint density at radius 1 is 1.13 bits per heavy atom. The molecule has 1 amide bonds. The van der Waals surface area contributed by atoms with Crippen LogP contribution < -0.4 is 5.32 Å². The van der Waals surface area contributed by atoms with Gasteiger partial charge in [-0.2, -0.15) is 9.97 Å². The molecule has 0 aromatic carbocycles. The third-order valence-corrected chi connectivity index (χ3v) is 15.8. The number of hydrogen-bond acceptors (Lipinski definition) is 8. The summed E-state index contributed by atoms with van der Waals surface area (Å²) < 4.78 is 39.3. The van der Waals surface area contributed by atoms with Crippen molar-refractivity contribution in [2.75, 3.05) is 11.9 Å². The van der Waals surface area contributed by atoms with Gasteiger partial charge in [0.05, 0.1) is 12.9 Å². The van der Waals surface area contributed by atoms with E-state index in [4.69, 9.17) is 25.2 Å². The van der Waals surface area contributed by atoms with E-state index >= 15 is 4.39 Å². The molecule has 2 aromatic heterocycles. The van der Waals surface area contributed by atoms with E-state index in [1.54, 1.807) is 13.8 Å². The summed E-state index contributed by atoms with van der Waals surface area (Å²) in [5.74, 6) is 2.34. The molecular formula is C31H52ClFN5O5Si3. The largest absolute Gasteiger partial charge is 0.410 e. The maximum absolute atomic E-state index is 18.2. The van der Waals surface area contributed by atoms with Gasteiger partial charge in [0.25, 0.3) is 0 Å². The topological polar surface area (TPSA) is 121 Å². The highest BCUT2D eigenvalue weighted by molar-refractivity contribution is 6.83. The van der Waals surface area contributed by atoms with Crippen molar-refractivity contribution in [1.29, 1.82) is 0 Å². The fourth-order valence-corrected chi connectivity index (χ4v) is 11.1. The molecule has 46 heavy (non-hydrogen) atoms. The van der Waals surface area contributed by atoms with E-state index in [9.17, 15) is 9.59 Å². The Morgan fingerprint density at radius 2 is 1.72 bits per heavy atom. The molecule has 3 rings (SSSR count). The molecule has 2 N–H and O–H groups in total. The summed E-state index contributed by atoms with van der Waals surface area (Å²) in [6, 6.07) is 0. The molecule has 0 saturated carbocycles. The van der Waals surface area contributed by atoms with Crippen LogP contribution in [0.4, 0.5) is 10.3 Å². The minimum Gasteiger partial charge on any atom is -0.410 e. The van der Waals surface area contributed by atoms with Crippen LogP contribution in [0.25, 0.3) is 11.2 Å². The summed E-state index contributed by atoms with van der Waals surface area (Å²) in [5, 5.41) is 2.67. The molecule has 4 atom stereocenters. The van der Waals surface area contributed by atoms with Crippen LogP contribution in [0.5, 0.6) is 0 Å². The van der Waals surface area contributed by atoms with Gasteiger partial charge in [0.2, 0.25) is 26.6 Å². The number of ether oxygens (including phenoxy) is 1. The number of aromatic nitrogens is 4. The van der Waals surface area contributed by atoms with Crippen molar-refractivity contribution in [3.8, 4) is 11.5 Å². The van der Waals surface area contributed by atoms with Crippen LogP contribution in [0.1, 0.15) is 75.5 Å². The first-order chi connectivity index (χ1) is 21.1. The number of carbonyl (C=O) groups excluding carboxylic acids is 1. The van der Waals surface area contributed by atoms with Crippen LogP contribution in [-0.2, 0) is 18.4 Å². The minimum absolute atomic E-state index is 0.00108. The molecule has 10 nitrogen and oxygen atoms in total. The van der Waals surface area contributed by atoms with Gasteiger partial charge < -0.3 is 18.4 Å². The predicted molar refractivity (Wildman–Crippen MR) is 188 cm³/mol. The van der Waals surface area contributed by atoms with E-state index in [0.29, 0.717) is 0 Å². The second-order valence-electron chi connectivity index (χ2n) is 14.7. The van der Waals surface area contributed by atoms with E-state index in [2.05, 4.69) is 59.4 Å². The number of imidazole rings is 1. The SMILES string of the molecule is CC(C)C(=O)Nc1nc(Cl)c2ncn([C@@H]3O[C@H](CO[Si](O)(C(C)C)C(C)C)C(O[Si](C(C)C)C(C)C)[C@]3(F)C#C[Si](C)(C)C)c2n1. The summed E-state index contributed by atoms with van der Waals surface area (Å²) in [6.07, 6.45) is -1.99. The van der Waals surface area contributed by atoms with Crippen molar-refractivity contribution in [2.45, 2.75) is 135 Å². The Bertz CT molecular complexity index is 1430. The fourth-order valence-electron chi connectivity index (χ4n) is 5.38. The lowest BCUT2D eigenvalue weighted by atomic mass is 9.97. The van der Waals surface area contributed by atoms with Crippen molar-refractivity contribution in [2.24, 2.45) is 5.92 Å². The molecule has 1 aliphatic rings. The number of nitrogens with zero attached hydrogens (tertiary/aromatic N) is 4. The molecule has 3 heterocycles. The second-order valence-corrected chi connectivity index (χ2v) is 27.3. The smallest absolute Gasteiger partial charge is 0.340 e. The second kappa shape index (κ2) is 14.8. The highest BCUT2D eigenvalue weighted by atomic mass is 35.5. The van der Waals surface area contributed by atoms with Crippen LogP contribution in [0.2, 0.25) is 47.0 Å². The Hall–Kier alpha value is -1.71. The highest BCUT2D eigenvalue weighted by Gasteiger charge is 2.61. The number of rotatable bonds is 12. The lowest BCUT2D eigenvalue weighted by Crippen LogP contribution is -2.51. The summed E-state index contributed by atoms with van der Waals surface area (Å²) in [5.41, 5.74) is 1.41. The maximum Gasteiger partial charge on any atom is 0.340 e. The zero-order valence-electron chi connectivity index (χ0n) is 29.5. The molecule has 1 radical (unpaired) electrons. The Kier molecular flexibility index (Phi) is 12.5. The van der Waals surface area contributed by atoms with Gasteiger partial charge in [-0.05, 0) is 22.2 Å². The van der Waals surface area contributed by atoms with Crippen molar-refractivity contribution < 1.29 is 27.6 Å². The highest BCUT2D eigenvalue weighted by Crippen LogP contribution is 2.46. The molecule has 0 bridgehead atoms. The molecule has 15 heteroatoms. The Morgan fingerprint density at radius 3 is 2.22 bits per heavy atom. The Labute approximate surface area is 282 Å². The third kappa shape index (κ3) is 8.47. The number of nitrogens with one attached hydrogen (secondary N) is 1. The van der Waals surface area contributed by atoms with E-state index in [1.165, 1.54) is 10.9 Å². The van der Waals surface area contributed by atoms with Gasteiger partial charge in [-0.25, -0.2) is 9.37 Å². The summed E-state index contributed by atoms with van der Waals surface area (Å²) >= 11 is 6.49. The number of carbonyl (C=O) groups is 1. The number of hydrogen-bond donors (Lipinski definition) is 2. The zero-order valence-corrected chi connectivity index (χ0v) is 33.3. The van der Waals surface area contributed by atoms with Gasteiger partial charge in [-0.15, -0.1) is 5.54 Å². The number of halogens is 2. The first kappa shape index (κ1) is 38.7. The first-order valence-corrected chi connectivity index (χ1v) is 23.6. The monoisotopic (exact) mass is 712 g/mol. The summed E-state index contributed by atoms with van der Waals surface area (Å²) in [4.78, 5) is 37.2. The predicted octanol–water partition coefficient (Wildman–Crippen LogP) is 7.03. The molecule has 1 unspecified atom stereocenters. The molecule has 2 aromatic rings. The normalized spacial score (nSPS) is 22.6. The molecule has 0 aliphatic carbocycles. The van der Waals surface area contributed by atoms with Crippen LogP contribution >= 0.6 is 11.6 Å². The molecule has 1 fully saturated rings. The number of amides is 1. The van der Waals surface area contributed by atoms with E-state index in [0.717, 1.165) is 0 Å². The van der Waals surface area contributed by atoms with Crippen LogP contribution in [0.15, 0.2) is 6.33 Å². The van der Waals surface area contributed by atoms with Gasteiger partial charge in [-0.3, -0.25) is 14.7 Å². The fraction of sp³-hybridized carbons (Fsp3) is 0.742. The molecular weight excluding hydrogens is 661 g/mol. The molecule has 257 valence electrons. The number of fused-ring (bicyclic) bond motifs is 1. The molecule has 0 spiro atoms. The average molecular weight is 713 g/mol. The van der Waals surface area contributed by atoms with Crippen molar-refractivity contribution >= 4 is 60.3 Å². The van der Waals surface area contributed by atoms with Crippen molar-refractivity contribution in [3.63, 3.8) is 0 Å². The minimum atomic E-state index is -3.23. The van der Waals surface area contributed by atoms with Crippen molar-refractivity contribution in [1.82, 2.24) is 19.5 Å². The average Bonchev–Trinajstić information content (AvgIpc) is 3.46. The number of alkyl halides is 1. The van der Waals surface area contributed by atoms with Crippen LogP contribution in [-0.4, -0.2) is 80.4 Å². The van der Waals surface area contributed by atoms with E-state index in [-0.39, 0.29) is 62.9 Å². The van der Waals surface area contributed by atoms with Crippen LogP contribution in [0, 0.1) is 17.4 Å². The van der Waals surface area contributed by atoms with Gasteiger partial charge in [0.1, 0.15) is 25.8 Å². The quantitative estimate of drug-likeness (QED) is 0.137. The third-order valence-electron chi connectivity index (χ3n) is 7.97. The van der Waals surface area contributed by atoms with E-state index < -0.39 is 49.8 Å².